The SMILES string of the molecule is CC(C)=CC[C@@](C)(O)CC[Si](C)(C)c1ccccc1. The van der Waals surface area contributed by atoms with Gasteiger partial charge in [0, 0.05) is 0 Å². The second-order valence-electron chi connectivity index (χ2n) is 6.73. The normalized spacial score (nSPS) is 14.8. The molecule has 1 N–H and O–H groups in total. The van der Waals surface area contributed by atoms with Crippen molar-refractivity contribution in [1.82, 2.24) is 0 Å². The molecule has 0 fully saturated rings. The molecule has 0 aromatic heterocycles. The van der Waals surface area contributed by atoms with Crippen molar-refractivity contribution in [3.63, 3.8) is 0 Å². The van der Waals surface area contributed by atoms with E-state index in [1.807, 2.05) is 6.92 Å². The van der Waals surface area contributed by atoms with Gasteiger partial charge in [-0.15, -0.1) is 0 Å². The fourth-order valence-electron chi connectivity index (χ4n) is 2.14. The van der Waals surface area contributed by atoms with Crippen LogP contribution in [0.4, 0.5) is 0 Å². The quantitative estimate of drug-likeness (QED) is 0.612. The molecular formula is C17H28OSi. The van der Waals surface area contributed by atoms with Crippen LogP contribution in [0.2, 0.25) is 19.1 Å². The van der Waals surface area contributed by atoms with Gasteiger partial charge in [-0.1, -0.05) is 66.3 Å². The number of hydrogen-bond acceptors (Lipinski definition) is 1. The van der Waals surface area contributed by atoms with Gasteiger partial charge >= 0.3 is 0 Å². The van der Waals surface area contributed by atoms with E-state index in [0.29, 0.717) is 0 Å². The van der Waals surface area contributed by atoms with Crippen molar-refractivity contribution >= 4 is 13.3 Å². The van der Waals surface area contributed by atoms with Crippen LogP contribution in [0.5, 0.6) is 0 Å². The van der Waals surface area contributed by atoms with Crippen LogP contribution in [0.25, 0.3) is 0 Å². The average Bonchev–Trinajstić information content (AvgIpc) is 2.36. The van der Waals surface area contributed by atoms with Crippen LogP contribution in [0.15, 0.2) is 42.0 Å². The Labute approximate surface area is 119 Å². The van der Waals surface area contributed by atoms with Crippen LogP contribution < -0.4 is 5.19 Å². The van der Waals surface area contributed by atoms with Gasteiger partial charge in [0.25, 0.3) is 0 Å². The highest BCUT2D eigenvalue weighted by atomic mass is 28.3. The summed E-state index contributed by atoms with van der Waals surface area (Å²) in [5, 5.41) is 11.9. The van der Waals surface area contributed by atoms with Crippen LogP contribution in [0.1, 0.15) is 33.6 Å². The van der Waals surface area contributed by atoms with Crippen molar-refractivity contribution in [3.8, 4) is 0 Å². The van der Waals surface area contributed by atoms with Crippen molar-refractivity contribution in [1.29, 1.82) is 0 Å². The number of aliphatic hydroxyl groups is 1. The molecule has 1 nitrogen and oxygen atoms in total. The Morgan fingerprint density at radius 2 is 1.79 bits per heavy atom. The van der Waals surface area contributed by atoms with Crippen molar-refractivity contribution in [3.05, 3.63) is 42.0 Å². The summed E-state index contributed by atoms with van der Waals surface area (Å²) in [6, 6.07) is 11.9. The molecule has 1 aromatic carbocycles. The van der Waals surface area contributed by atoms with Crippen molar-refractivity contribution in [2.24, 2.45) is 0 Å². The molecule has 0 bridgehead atoms. The van der Waals surface area contributed by atoms with Gasteiger partial charge in [0.2, 0.25) is 0 Å². The molecule has 0 radical (unpaired) electrons. The largest absolute Gasteiger partial charge is 0.390 e. The lowest BCUT2D eigenvalue weighted by molar-refractivity contribution is 0.0587. The van der Waals surface area contributed by atoms with E-state index >= 15 is 0 Å². The van der Waals surface area contributed by atoms with Crippen LogP contribution in [0.3, 0.4) is 0 Å². The Hall–Kier alpha value is -0.863. The van der Waals surface area contributed by atoms with Gasteiger partial charge in [-0.25, -0.2) is 0 Å². The summed E-state index contributed by atoms with van der Waals surface area (Å²) in [6.07, 6.45) is 3.77. The first-order valence-electron chi connectivity index (χ1n) is 7.14. The zero-order valence-electron chi connectivity index (χ0n) is 13.0. The summed E-state index contributed by atoms with van der Waals surface area (Å²) in [5.74, 6) is 0. The molecule has 0 aliphatic rings. The maximum Gasteiger partial charge on any atom is 0.0807 e. The summed E-state index contributed by atoms with van der Waals surface area (Å²) in [5.41, 5.74) is 0.705. The van der Waals surface area contributed by atoms with E-state index in [4.69, 9.17) is 0 Å². The maximum absolute atomic E-state index is 10.5. The molecule has 0 spiro atoms. The smallest absolute Gasteiger partial charge is 0.0807 e. The molecule has 106 valence electrons. The Bertz CT molecular complexity index is 414. The zero-order chi connectivity index (χ0) is 14.5. The summed E-state index contributed by atoms with van der Waals surface area (Å²) in [6.45, 7) is 10.9. The third-order valence-electron chi connectivity index (χ3n) is 3.79. The average molecular weight is 276 g/mol. The lowest BCUT2D eigenvalue weighted by Crippen LogP contribution is -2.42. The first-order valence-corrected chi connectivity index (χ1v) is 10.3. The molecule has 0 amide bonds. The highest BCUT2D eigenvalue weighted by molar-refractivity contribution is 6.89. The third kappa shape index (κ3) is 5.75. The molecular weight excluding hydrogens is 248 g/mol. The molecule has 1 atom stereocenters. The highest BCUT2D eigenvalue weighted by Crippen LogP contribution is 2.23. The van der Waals surface area contributed by atoms with Crippen molar-refractivity contribution < 1.29 is 5.11 Å². The van der Waals surface area contributed by atoms with E-state index < -0.39 is 13.7 Å². The molecule has 0 saturated heterocycles. The predicted octanol–water partition coefficient (Wildman–Crippen LogP) is 4.10. The minimum atomic E-state index is -1.43. The molecule has 1 rings (SSSR count). The molecule has 19 heavy (non-hydrogen) atoms. The molecule has 0 aliphatic heterocycles. The Kier molecular flexibility index (Phi) is 5.57. The Morgan fingerprint density at radius 3 is 2.32 bits per heavy atom. The van der Waals surface area contributed by atoms with Crippen LogP contribution in [0, 0.1) is 0 Å². The molecule has 0 heterocycles. The molecule has 2 heteroatoms. The van der Waals surface area contributed by atoms with Gasteiger partial charge in [0.1, 0.15) is 0 Å². The summed E-state index contributed by atoms with van der Waals surface area (Å²) >= 11 is 0. The predicted molar refractivity (Wildman–Crippen MR) is 87.7 cm³/mol. The van der Waals surface area contributed by atoms with E-state index in [0.717, 1.165) is 18.9 Å². The lowest BCUT2D eigenvalue weighted by Gasteiger charge is -2.29. The first kappa shape index (κ1) is 16.2. The van der Waals surface area contributed by atoms with Crippen LogP contribution >= 0.6 is 0 Å². The minimum absolute atomic E-state index is 0.573. The van der Waals surface area contributed by atoms with Gasteiger partial charge in [-0.05, 0) is 33.6 Å². The Balaban J connectivity index is 2.62. The van der Waals surface area contributed by atoms with Gasteiger partial charge in [-0.2, -0.15) is 0 Å². The monoisotopic (exact) mass is 276 g/mol. The number of rotatable bonds is 6. The number of benzene rings is 1. The third-order valence-corrected chi connectivity index (χ3v) is 7.19. The highest BCUT2D eigenvalue weighted by Gasteiger charge is 2.27. The van der Waals surface area contributed by atoms with Crippen molar-refractivity contribution in [2.75, 3.05) is 0 Å². The molecule has 0 aliphatic carbocycles. The summed E-state index contributed by atoms with van der Waals surface area (Å²) in [4.78, 5) is 0. The summed E-state index contributed by atoms with van der Waals surface area (Å²) in [7, 11) is -1.43. The molecule has 0 unspecified atom stereocenters. The van der Waals surface area contributed by atoms with Gasteiger partial charge < -0.3 is 5.11 Å². The fraction of sp³-hybridized carbons (Fsp3) is 0.529. The van der Waals surface area contributed by atoms with Crippen LogP contribution in [-0.4, -0.2) is 18.8 Å². The van der Waals surface area contributed by atoms with E-state index in [-0.39, 0.29) is 0 Å². The van der Waals surface area contributed by atoms with Crippen molar-refractivity contribution in [2.45, 2.75) is 58.4 Å². The standard InChI is InChI=1S/C17H28OSi/c1-15(2)11-12-17(3,18)13-14-19(4,5)16-9-7-6-8-10-16/h6-11,18H,12-14H2,1-5H3/t17-/m1/s1. The van der Waals surface area contributed by atoms with Gasteiger partial charge in [0.05, 0.1) is 13.7 Å². The molecule has 0 saturated carbocycles. The molecule has 1 aromatic rings. The fourth-order valence-corrected chi connectivity index (χ4v) is 4.69. The minimum Gasteiger partial charge on any atom is -0.390 e. The number of allylic oxidation sites excluding steroid dienone is 1. The Morgan fingerprint density at radius 1 is 1.21 bits per heavy atom. The topological polar surface area (TPSA) is 20.2 Å². The van der Waals surface area contributed by atoms with E-state index in [1.54, 1.807) is 0 Å². The maximum atomic E-state index is 10.5. The van der Waals surface area contributed by atoms with E-state index in [9.17, 15) is 5.11 Å². The first-order chi connectivity index (χ1) is 8.73. The lowest BCUT2D eigenvalue weighted by atomic mass is 9.98. The number of hydrogen-bond donors (Lipinski definition) is 1. The van der Waals surface area contributed by atoms with E-state index in [1.165, 1.54) is 10.8 Å². The van der Waals surface area contributed by atoms with Crippen LogP contribution in [-0.2, 0) is 0 Å². The second kappa shape index (κ2) is 6.53. The zero-order valence-corrected chi connectivity index (χ0v) is 14.0. The van der Waals surface area contributed by atoms with Gasteiger partial charge in [0.15, 0.2) is 0 Å². The summed E-state index contributed by atoms with van der Waals surface area (Å²) < 4.78 is 0. The second-order valence-corrected chi connectivity index (χ2v) is 11.6. The van der Waals surface area contributed by atoms with Gasteiger partial charge in [-0.3, -0.25) is 0 Å². The van der Waals surface area contributed by atoms with E-state index in [2.05, 4.69) is 63.3 Å².